The van der Waals surface area contributed by atoms with Crippen LogP contribution < -0.4 is 21.7 Å². The Morgan fingerprint density at radius 2 is 1.62 bits per heavy atom. The number of nitrogens with two attached hydrogens (primary N) is 1. The molecule has 1 atom stereocenters. The van der Waals surface area contributed by atoms with Crippen LogP contribution in [0.5, 0.6) is 0 Å². The van der Waals surface area contributed by atoms with Crippen LogP contribution >= 0.6 is 0 Å². The first-order chi connectivity index (χ1) is 17.7. The molecule has 0 aliphatic rings. The van der Waals surface area contributed by atoms with Gasteiger partial charge in [0.15, 0.2) is 0 Å². The minimum Gasteiger partial charge on any atom is -0.465 e. The lowest BCUT2D eigenvalue weighted by Crippen LogP contribution is -2.47. The molecule has 0 aliphatic heterocycles. The van der Waals surface area contributed by atoms with Crippen LogP contribution in [0.4, 0.5) is 9.59 Å². The molecule has 37 heavy (non-hydrogen) atoms. The third-order valence-electron chi connectivity index (χ3n) is 5.27. The van der Waals surface area contributed by atoms with Gasteiger partial charge in [-0.25, -0.2) is 9.59 Å². The Balaban J connectivity index is 2.34. The Hall–Kier alpha value is -3.87. The smallest absolute Gasteiger partial charge is 0.405 e. The number of ether oxygens (including phenoxy) is 1. The van der Waals surface area contributed by atoms with Gasteiger partial charge in [-0.2, -0.15) is 0 Å². The van der Waals surface area contributed by atoms with E-state index >= 15 is 0 Å². The molecular weight excluding hydrogens is 486 g/mol. The molecule has 1 aromatic carbocycles. The van der Waals surface area contributed by atoms with Gasteiger partial charge in [0.1, 0.15) is 12.6 Å². The van der Waals surface area contributed by atoms with E-state index in [1.54, 1.807) is 0 Å². The maximum atomic E-state index is 12.5. The minimum atomic E-state index is -1.40. The molecule has 0 spiro atoms. The van der Waals surface area contributed by atoms with Crippen LogP contribution in [0.3, 0.4) is 0 Å². The minimum absolute atomic E-state index is 0.0170. The van der Waals surface area contributed by atoms with Crippen molar-refractivity contribution in [2.24, 2.45) is 5.73 Å². The van der Waals surface area contributed by atoms with Gasteiger partial charge in [0.25, 0.3) is 0 Å². The summed E-state index contributed by atoms with van der Waals surface area (Å²) in [5, 5.41) is 24.6. The van der Waals surface area contributed by atoms with Crippen molar-refractivity contribution in [1.82, 2.24) is 20.9 Å². The number of esters is 1. The standard InChI is InChI=1S/C24H37N5O8/c25-12-15-29(16-14-27-23(33)34)20(30)11-10-19(28-24(35)36)22(32)26-13-6-2-5-9-21(31)37-17-18-7-3-1-4-8-18/h1,3-4,7-8,19,27-28H,2,5-6,9-17,25H2,(H,26,32)(H,33,34)(H,35,36)/t19-/m0/s1. The summed E-state index contributed by atoms with van der Waals surface area (Å²) in [6.07, 6.45) is -0.729. The molecule has 0 aromatic heterocycles. The van der Waals surface area contributed by atoms with E-state index in [1.165, 1.54) is 4.90 Å². The van der Waals surface area contributed by atoms with Crippen LogP contribution in [-0.2, 0) is 25.7 Å². The van der Waals surface area contributed by atoms with E-state index in [4.69, 9.17) is 20.7 Å². The second kappa shape index (κ2) is 18.4. The van der Waals surface area contributed by atoms with E-state index in [0.29, 0.717) is 19.3 Å². The number of unbranched alkanes of at least 4 members (excludes halogenated alkanes) is 2. The van der Waals surface area contributed by atoms with Gasteiger partial charge in [-0.15, -0.1) is 0 Å². The van der Waals surface area contributed by atoms with E-state index in [1.807, 2.05) is 30.3 Å². The Labute approximate surface area is 215 Å². The number of benzene rings is 1. The number of nitrogens with zero attached hydrogens (tertiary/aromatic N) is 1. The van der Waals surface area contributed by atoms with Crippen LogP contribution in [0, 0.1) is 0 Å². The Bertz CT molecular complexity index is 868. The topological polar surface area (TPSA) is 200 Å². The maximum absolute atomic E-state index is 12.5. The first kappa shape index (κ1) is 31.2. The first-order valence-electron chi connectivity index (χ1n) is 12.1. The predicted octanol–water partition coefficient (Wildman–Crippen LogP) is 0.878. The van der Waals surface area contributed by atoms with Crippen molar-refractivity contribution >= 4 is 30.0 Å². The van der Waals surface area contributed by atoms with Gasteiger partial charge in [-0.05, 0) is 24.8 Å². The van der Waals surface area contributed by atoms with Crippen LogP contribution in [0.1, 0.15) is 44.1 Å². The lowest BCUT2D eigenvalue weighted by molar-refractivity contribution is -0.145. The summed E-state index contributed by atoms with van der Waals surface area (Å²) in [6.45, 7) is 0.988. The van der Waals surface area contributed by atoms with Crippen molar-refractivity contribution < 1.29 is 38.9 Å². The molecule has 13 heteroatoms. The van der Waals surface area contributed by atoms with E-state index in [0.717, 1.165) is 5.56 Å². The number of hydrogen-bond donors (Lipinski definition) is 6. The molecule has 0 saturated heterocycles. The average molecular weight is 524 g/mol. The maximum Gasteiger partial charge on any atom is 0.405 e. The predicted molar refractivity (Wildman–Crippen MR) is 134 cm³/mol. The summed E-state index contributed by atoms with van der Waals surface area (Å²) in [7, 11) is 0. The normalized spacial score (nSPS) is 11.2. The molecule has 0 fully saturated rings. The van der Waals surface area contributed by atoms with Gasteiger partial charge in [-0.1, -0.05) is 36.8 Å². The van der Waals surface area contributed by atoms with Crippen molar-refractivity contribution in [1.29, 1.82) is 0 Å². The van der Waals surface area contributed by atoms with Gasteiger partial charge in [-0.3, -0.25) is 14.4 Å². The molecule has 13 nitrogen and oxygen atoms in total. The molecule has 1 rings (SSSR count). The molecule has 0 bridgehead atoms. The Morgan fingerprint density at radius 3 is 2.27 bits per heavy atom. The molecule has 0 heterocycles. The van der Waals surface area contributed by atoms with Gasteiger partial charge < -0.3 is 41.5 Å². The van der Waals surface area contributed by atoms with Crippen molar-refractivity contribution in [3.63, 3.8) is 0 Å². The average Bonchev–Trinajstić information content (AvgIpc) is 2.86. The molecule has 206 valence electrons. The number of nitrogens with one attached hydrogen (secondary N) is 3. The molecular formula is C24H37N5O8. The van der Waals surface area contributed by atoms with E-state index in [-0.39, 0.29) is 70.5 Å². The zero-order chi connectivity index (χ0) is 27.5. The molecule has 0 unspecified atom stereocenters. The molecule has 0 radical (unpaired) electrons. The number of amides is 4. The number of carboxylic acid groups (broad SMARTS) is 2. The lowest BCUT2D eigenvalue weighted by atomic mass is 10.1. The first-order valence-corrected chi connectivity index (χ1v) is 12.1. The van der Waals surface area contributed by atoms with Gasteiger partial charge in [0, 0.05) is 45.6 Å². The molecule has 4 amide bonds. The SMILES string of the molecule is NCCN(CCNC(=O)O)C(=O)CC[C@H](NC(=O)O)C(=O)NCCCCCC(=O)OCc1ccccc1. The highest BCUT2D eigenvalue weighted by Crippen LogP contribution is 2.06. The third-order valence-corrected chi connectivity index (χ3v) is 5.27. The third kappa shape index (κ3) is 15.0. The summed E-state index contributed by atoms with van der Waals surface area (Å²) >= 11 is 0. The van der Waals surface area contributed by atoms with Crippen LogP contribution in [0.2, 0.25) is 0 Å². The fourth-order valence-corrected chi connectivity index (χ4v) is 3.37. The summed E-state index contributed by atoms with van der Waals surface area (Å²) in [5.41, 5.74) is 6.41. The van der Waals surface area contributed by atoms with Crippen molar-refractivity contribution in [3.05, 3.63) is 35.9 Å². The zero-order valence-electron chi connectivity index (χ0n) is 20.8. The monoisotopic (exact) mass is 523 g/mol. The second-order valence-electron chi connectivity index (χ2n) is 8.19. The number of rotatable bonds is 18. The number of carbonyl (C=O) groups excluding carboxylic acids is 3. The van der Waals surface area contributed by atoms with E-state index < -0.39 is 24.1 Å². The molecule has 1 aromatic rings. The van der Waals surface area contributed by atoms with E-state index in [2.05, 4.69) is 16.0 Å². The van der Waals surface area contributed by atoms with Gasteiger partial charge >= 0.3 is 18.2 Å². The molecule has 7 N–H and O–H groups in total. The summed E-state index contributed by atoms with van der Waals surface area (Å²) in [4.78, 5) is 59.8. The van der Waals surface area contributed by atoms with Crippen molar-refractivity contribution in [2.45, 2.75) is 51.2 Å². The lowest BCUT2D eigenvalue weighted by Gasteiger charge is -2.23. The fraction of sp³-hybridized carbons (Fsp3) is 0.542. The highest BCUT2D eigenvalue weighted by atomic mass is 16.5. The van der Waals surface area contributed by atoms with Crippen LogP contribution in [-0.4, -0.2) is 83.8 Å². The van der Waals surface area contributed by atoms with Crippen LogP contribution in [0.15, 0.2) is 30.3 Å². The Morgan fingerprint density at radius 1 is 0.892 bits per heavy atom. The van der Waals surface area contributed by atoms with Crippen molar-refractivity contribution in [2.75, 3.05) is 32.7 Å². The summed E-state index contributed by atoms with van der Waals surface area (Å²) < 4.78 is 5.21. The number of hydrogen-bond acceptors (Lipinski definition) is 7. The highest BCUT2D eigenvalue weighted by molar-refractivity contribution is 5.86. The quantitative estimate of drug-likeness (QED) is 0.119. The number of carbonyl (C=O) groups is 5. The molecule has 0 aliphatic carbocycles. The molecule has 0 saturated carbocycles. The van der Waals surface area contributed by atoms with Crippen LogP contribution in [0.25, 0.3) is 0 Å². The zero-order valence-corrected chi connectivity index (χ0v) is 20.8. The highest BCUT2D eigenvalue weighted by Gasteiger charge is 2.23. The summed E-state index contributed by atoms with van der Waals surface area (Å²) in [5.74, 6) is -1.23. The van der Waals surface area contributed by atoms with Crippen molar-refractivity contribution in [3.8, 4) is 0 Å². The summed E-state index contributed by atoms with van der Waals surface area (Å²) in [6, 6.07) is 8.22. The van der Waals surface area contributed by atoms with Gasteiger partial charge in [0.05, 0.1) is 0 Å². The van der Waals surface area contributed by atoms with Gasteiger partial charge in [0.2, 0.25) is 11.8 Å². The second-order valence-corrected chi connectivity index (χ2v) is 8.19. The largest absolute Gasteiger partial charge is 0.465 e. The van der Waals surface area contributed by atoms with E-state index in [9.17, 15) is 24.0 Å². The fourth-order valence-electron chi connectivity index (χ4n) is 3.37. The Kier molecular flexibility index (Phi) is 15.5.